The molecule has 0 rings (SSSR count). The first kappa shape index (κ1) is 8.96. The lowest BCUT2D eigenvalue weighted by atomic mass is 10.1. The number of hydrogen-bond donors (Lipinski definition) is 1. The van der Waals surface area contributed by atoms with Crippen LogP contribution in [0, 0.1) is 6.92 Å². The molecule has 1 unspecified atom stereocenters. The second-order valence-electron chi connectivity index (χ2n) is 2.52. The fourth-order valence-electron chi connectivity index (χ4n) is 0.787. The molecule has 1 heteroatoms. The first-order valence-corrected chi connectivity index (χ1v) is 3.86. The van der Waals surface area contributed by atoms with E-state index in [9.17, 15) is 0 Å². The highest BCUT2D eigenvalue weighted by Gasteiger charge is 1.95. The van der Waals surface area contributed by atoms with E-state index in [4.69, 9.17) is 5.73 Å². The maximum absolute atomic E-state index is 5.69. The van der Waals surface area contributed by atoms with Crippen molar-refractivity contribution in [2.24, 2.45) is 5.73 Å². The zero-order valence-corrected chi connectivity index (χ0v) is 6.40. The van der Waals surface area contributed by atoms with E-state index in [0.29, 0.717) is 6.04 Å². The molecule has 0 spiro atoms. The Morgan fingerprint density at radius 1 is 1.44 bits per heavy atom. The van der Waals surface area contributed by atoms with Gasteiger partial charge in [0.2, 0.25) is 0 Å². The molecular formula is C8H18N. The Morgan fingerprint density at radius 2 is 2.11 bits per heavy atom. The van der Waals surface area contributed by atoms with Crippen molar-refractivity contribution in [3.63, 3.8) is 0 Å². The van der Waals surface area contributed by atoms with Crippen molar-refractivity contribution in [3.05, 3.63) is 6.92 Å². The minimum absolute atomic E-state index is 0.427. The maximum Gasteiger partial charge on any atom is 0.00362 e. The molecular weight excluding hydrogens is 110 g/mol. The standard InChI is InChI=1S/C8H18N/c1-3-5-6-7-8(9)4-2/h8H,1,3-7,9H2,2H3. The van der Waals surface area contributed by atoms with Crippen LogP contribution in [0.25, 0.3) is 0 Å². The van der Waals surface area contributed by atoms with Crippen LogP contribution in [0.15, 0.2) is 0 Å². The molecule has 0 aromatic carbocycles. The SMILES string of the molecule is [CH2]CCCCC(N)CC. The predicted molar refractivity (Wildman–Crippen MR) is 42.1 cm³/mol. The zero-order valence-electron chi connectivity index (χ0n) is 6.40. The summed E-state index contributed by atoms with van der Waals surface area (Å²) in [6.07, 6.45) is 5.81. The summed E-state index contributed by atoms with van der Waals surface area (Å²) in [4.78, 5) is 0. The molecule has 0 aromatic rings. The highest BCUT2D eigenvalue weighted by Crippen LogP contribution is 2.02. The molecule has 1 radical (unpaired) electrons. The maximum atomic E-state index is 5.69. The van der Waals surface area contributed by atoms with Crippen LogP contribution in [0.4, 0.5) is 0 Å². The molecule has 2 N–H and O–H groups in total. The van der Waals surface area contributed by atoms with E-state index in [1.54, 1.807) is 0 Å². The molecule has 1 atom stereocenters. The molecule has 0 aliphatic carbocycles. The molecule has 0 saturated heterocycles. The molecule has 0 bridgehead atoms. The Balaban J connectivity index is 2.88. The van der Waals surface area contributed by atoms with E-state index in [1.165, 1.54) is 19.3 Å². The smallest absolute Gasteiger partial charge is 0.00362 e. The van der Waals surface area contributed by atoms with Crippen LogP contribution in [-0.4, -0.2) is 6.04 Å². The van der Waals surface area contributed by atoms with Crippen molar-refractivity contribution < 1.29 is 0 Å². The summed E-state index contributed by atoms with van der Waals surface area (Å²) in [5.41, 5.74) is 5.69. The minimum Gasteiger partial charge on any atom is -0.328 e. The van der Waals surface area contributed by atoms with Gasteiger partial charge in [0.1, 0.15) is 0 Å². The monoisotopic (exact) mass is 128 g/mol. The first-order valence-electron chi connectivity index (χ1n) is 3.86. The second-order valence-corrected chi connectivity index (χ2v) is 2.52. The lowest BCUT2D eigenvalue weighted by Crippen LogP contribution is -2.17. The van der Waals surface area contributed by atoms with Crippen molar-refractivity contribution in [2.75, 3.05) is 0 Å². The van der Waals surface area contributed by atoms with E-state index in [0.717, 1.165) is 12.8 Å². The summed E-state index contributed by atoms with van der Waals surface area (Å²) in [6, 6.07) is 0.427. The summed E-state index contributed by atoms with van der Waals surface area (Å²) in [5.74, 6) is 0. The van der Waals surface area contributed by atoms with Gasteiger partial charge in [-0.15, -0.1) is 0 Å². The van der Waals surface area contributed by atoms with Gasteiger partial charge in [-0.25, -0.2) is 0 Å². The number of nitrogens with two attached hydrogens (primary N) is 1. The molecule has 55 valence electrons. The van der Waals surface area contributed by atoms with Gasteiger partial charge in [-0.1, -0.05) is 33.1 Å². The number of rotatable bonds is 5. The largest absolute Gasteiger partial charge is 0.328 e. The topological polar surface area (TPSA) is 26.0 Å². The molecule has 0 amide bonds. The van der Waals surface area contributed by atoms with Crippen molar-refractivity contribution in [1.82, 2.24) is 0 Å². The molecule has 0 saturated carbocycles. The first-order chi connectivity index (χ1) is 4.31. The van der Waals surface area contributed by atoms with Gasteiger partial charge < -0.3 is 5.73 Å². The van der Waals surface area contributed by atoms with E-state index in [-0.39, 0.29) is 0 Å². The van der Waals surface area contributed by atoms with Gasteiger partial charge in [-0.2, -0.15) is 0 Å². The van der Waals surface area contributed by atoms with Crippen molar-refractivity contribution in [1.29, 1.82) is 0 Å². The highest BCUT2D eigenvalue weighted by molar-refractivity contribution is 4.57. The molecule has 0 aliphatic rings. The zero-order chi connectivity index (χ0) is 7.11. The molecule has 0 heterocycles. The third-order valence-corrected chi connectivity index (χ3v) is 1.60. The van der Waals surface area contributed by atoms with Crippen LogP contribution in [-0.2, 0) is 0 Å². The Bertz CT molecular complexity index is 52.5. The van der Waals surface area contributed by atoms with Crippen molar-refractivity contribution in [3.8, 4) is 0 Å². The lowest BCUT2D eigenvalue weighted by molar-refractivity contribution is 0.553. The van der Waals surface area contributed by atoms with E-state index in [1.807, 2.05) is 0 Å². The summed E-state index contributed by atoms with van der Waals surface area (Å²) >= 11 is 0. The Hall–Kier alpha value is -0.0400. The Labute approximate surface area is 58.6 Å². The van der Waals surface area contributed by atoms with Gasteiger partial charge in [0, 0.05) is 6.04 Å². The summed E-state index contributed by atoms with van der Waals surface area (Å²) < 4.78 is 0. The molecule has 0 fully saturated rings. The Kier molecular flexibility index (Phi) is 6.06. The van der Waals surface area contributed by atoms with Crippen LogP contribution in [0.2, 0.25) is 0 Å². The number of unbranched alkanes of at least 4 members (excludes halogenated alkanes) is 2. The molecule has 0 aliphatic heterocycles. The lowest BCUT2D eigenvalue weighted by Gasteiger charge is -2.05. The van der Waals surface area contributed by atoms with Gasteiger partial charge in [0.15, 0.2) is 0 Å². The molecule has 0 aromatic heterocycles. The van der Waals surface area contributed by atoms with Crippen molar-refractivity contribution >= 4 is 0 Å². The van der Waals surface area contributed by atoms with Crippen LogP contribution in [0.3, 0.4) is 0 Å². The number of hydrogen-bond acceptors (Lipinski definition) is 1. The Morgan fingerprint density at radius 3 is 2.56 bits per heavy atom. The quantitative estimate of drug-likeness (QED) is 0.564. The van der Waals surface area contributed by atoms with E-state index in [2.05, 4.69) is 13.8 Å². The van der Waals surface area contributed by atoms with Gasteiger partial charge >= 0.3 is 0 Å². The van der Waals surface area contributed by atoms with Crippen LogP contribution in [0.1, 0.15) is 39.0 Å². The summed E-state index contributed by atoms with van der Waals surface area (Å²) in [7, 11) is 0. The summed E-state index contributed by atoms with van der Waals surface area (Å²) in [6.45, 7) is 5.90. The predicted octanol–water partition coefficient (Wildman–Crippen LogP) is 2.12. The third kappa shape index (κ3) is 5.84. The third-order valence-electron chi connectivity index (χ3n) is 1.60. The van der Waals surface area contributed by atoms with Gasteiger partial charge in [-0.3, -0.25) is 0 Å². The highest BCUT2D eigenvalue weighted by atomic mass is 14.6. The van der Waals surface area contributed by atoms with Crippen molar-refractivity contribution in [2.45, 2.75) is 45.1 Å². The van der Waals surface area contributed by atoms with Gasteiger partial charge in [0.25, 0.3) is 0 Å². The van der Waals surface area contributed by atoms with Crippen LogP contribution >= 0.6 is 0 Å². The van der Waals surface area contributed by atoms with Crippen LogP contribution < -0.4 is 5.73 Å². The fraction of sp³-hybridized carbons (Fsp3) is 0.875. The molecule has 9 heavy (non-hydrogen) atoms. The van der Waals surface area contributed by atoms with E-state index >= 15 is 0 Å². The second kappa shape index (κ2) is 6.09. The molecule has 1 nitrogen and oxygen atoms in total. The van der Waals surface area contributed by atoms with Gasteiger partial charge in [-0.05, 0) is 12.8 Å². The summed E-state index contributed by atoms with van der Waals surface area (Å²) in [5, 5.41) is 0. The average Bonchev–Trinajstić information content (AvgIpc) is 1.89. The minimum atomic E-state index is 0.427. The van der Waals surface area contributed by atoms with E-state index < -0.39 is 0 Å². The fourth-order valence-corrected chi connectivity index (χ4v) is 0.787. The van der Waals surface area contributed by atoms with Crippen LogP contribution in [0.5, 0.6) is 0 Å². The normalized spacial score (nSPS) is 13.7. The van der Waals surface area contributed by atoms with Gasteiger partial charge in [0.05, 0.1) is 0 Å². The average molecular weight is 128 g/mol.